The zero-order chi connectivity index (χ0) is 15.9. The number of hydrogen-bond donors (Lipinski definition) is 2. The second kappa shape index (κ2) is 5.25. The first kappa shape index (κ1) is 14.8. The summed E-state index contributed by atoms with van der Waals surface area (Å²) in [6.07, 6.45) is 0.963. The number of rotatable bonds is 3. The highest BCUT2D eigenvalue weighted by atomic mass is 32.2. The van der Waals surface area contributed by atoms with Gasteiger partial charge in [0, 0.05) is 19.2 Å². The number of aromatic amines is 1. The lowest BCUT2D eigenvalue weighted by atomic mass is 10.0. The van der Waals surface area contributed by atoms with Gasteiger partial charge in [-0.2, -0.15) is 4.31 Å². The van der Waals surface area contributed by atoms with Crippen LogP contribution >= 0.6 is 0 Å². The molecule has 2 heterocycles. The molecule has 0 radical (unpaired) electrons. The molecule has 1 saturated heterocycles. The Labute approximate surface area is 125 Å². The zero-order valence-corrected chi connectivity index (χ0v) is 12.3. The third-order valence-corrected chi connectivity index (χ3v) is 5.62. The monoisotopic (exact) mass is 326 g/mol. The molecule has 9 heteroatoms. The number of oxazole rings is 1. The van der Waals surface area contributed by atoms with Gasteiger partial charge in [0.15, 0.2) is 5.58 Å². The fraction of sp³-hybridized carbons (Fsp3) is 0.385. The molecule has 0 spiro atoms. The average Bonchev–Trinajstić information content (AvgIpc) is 2.86. The molecule has 1 aromatic carbocycles. The summed E-state index contributed by atoms with van der Waals surface area (Å²) in [4.78, 5) is 24.6. The number of hydrogen-bond acceptors (Lipinski definition) is 5. The first-order valence-corrected chi connectivity index (χ1v) is 8.18. The first-order chi connectivity index (χ1) is 10.4. The van der Waals surface area contributed by atoms with Gasteiger partial charge < -0.3 is 9.52 Å². The van der Waals surface area contributed by atoms with Gasteiger partial charge in [0.25, 0.3) is 0 Å². The number of piperidine rings is 1. The lowest BCUT2D eigenvalue weighted by Gasteiger charge is -2.29. The van der Waals surface area contributed by atoms with E-state index in [2.05, 4.69) is 4.98 Å². The summed E-state index contributed by atoms with van der Waals surface area (Å²) in [7, 11) is -3.82. The number of nitrogens with one attached hydrogen (secondary N) is 1. The van der Waals surface area contributed by atoms with Crippen LogP contribution in [0.25, 0.3) is 11.1 Å². The molecule has 0 amide bonds. The molecule has 118 valence electrons. The van der Waals surface area contributed by atoms with Gasteiger partial charge in [-0.1, -0.05) is 0 Å². The highest BCUT2D eigenvalue weighted by Crippen LogP contribution is 2.25. The van der Waals surface area contributed by atoms with E-state index in [0.717, 1.165) is 0 Å². The van der Waals surface area contributed by atoms with Crippen molar-refractivity contribution in [3.63, 3.8) is 0 Å². The Morgan fingerprint density at radius 1 is 1.41 bits per heavy atom. The highest BCUT2D eigenvalue weighted by molar-refractivity contribution is 7.89. The van der Waals surface area contributed by atoms with Gasteiger partial charge in [-0.05, 0) is 25.0 Å². The van der Waals surface area contributed by atoms with Crippen LogP contribution in [0.15, 0.2) is 32.3 Å². The number of H-pyrrole nitrogens is 1. The van der Waals surface area contributed by atoms with E-state index in [1.165, 1.54) is 22.5 Å². The van der Waals surface area contributed by atoms with Crippen LogP contribution in [0.2, 0.25) is 0 Å². The molecule has 1 unspecified atom stereocenters. The van der Waals surface area contributed by atoms with Crippen LogP contribution in [-0.2, 0) is 14.8 Å². The Kier molecular flexibility index (Phi) is 3.53. The average molecular weight is 326 g/mol. The van der Waals surface area contributed by atoms with E-state index in [9.17, 15) is 18.0 Å². The number of sulfonamides is 1. The lowest BCUT2D eigenvalue weighted by molar-refractivity contribution is -0.142. The number of carbonyl (C=O) groups is 1. The summed E-state index contributed by atoms with van der Waals surface area (Å²) in [6.45, 7) is 0.230. The molecule has 0 saturated carbocycles. The first-order valence-electron chi connectivity index (χ1n) is 6.74. The van der Waals surface area contributed by atoms with Crippen molar-refractivity contribution in [2.24, 2.45) is 5.92 Å². The van der Waals surface area contributed by atoms with Gasteiger partial charge in [0.05, 0.1) is 16.3 Å². The summed E-state index contributed by atoms with van der Waals surface area (Å²) in [5.41, 5.74) is 0.559. The highest BCUT2D eigenvalue weighted by Gasteiger charge is 2.33. The van der Waals surface area contributed by atoms with Gasteiger partial charge in [-0.25, -0.2) is 13.2 Å². The Hall–Kier alpha value is -2.13. The molecule has 1 aromatic heterocycles. The van der Waals surface area contributed by atoms with Crippen LogP contribution < -0.4 is 5.76 Å². The zero-order valence-electron chi connectivity index (χ0n) is 11.5. The Balaban J connectivity index is 1.96. The standard InChI is InChI=1S/C13H14N2O6S/c16-12(17)8-2-1-5-15(7-8)22(19,20)9-3-4-10-11(6-9)21-13(18)14-10/h3-4,6,8H,1-2,5,7H2,(H,14,18)(H,16,17). The third-order valence-electron chi connectivity index (χ3n) is 3.76. The molecule has 0 aliphatic carbocycles. The minimum atomic E-state index is -3.82. The van der Waals surface area contributed by atoms with Crippen molar-refractivity contribution < 1.29 is 22.7 Å². The lowest BCUT2D eigenvalue weighted by Crippen LogP contribution is -2.42. The predicted molar refractivity (Wildman–Crippen MR) is 76.0 cm³/mol. The SMILES string of the molecule is O=C(O)C1CCCN(S(=O)(=O)c2ccc3[nH]c(=O)oc3c2)C1. The van der Waals surface area contributed by atoms with Crippen molar-refractivity contribution in [3.8, 4) is 0 Å². The van der Waals surface area contributed by atoms with Crippen LogP contribution in [0, 0.1) is 5.92 Å². The molecule has 22 heavy (non-hydrogen) atoms. The Bertz CT molecular complexity index is 881. The van der Waals surface area contributed by atoms with Gasteiger partial charge in [-0.15, -0.1) is 0 Å². The quantitative estimate of drug-likeness (QED) is 0.852. The second-order valence-electron chi connectivity index (χ2n) is 5.21. The number of fused-ring (bicyclic) bond motifs is 1. The summed E-state index contributed by atoms with van der Waals surface area (Å²) in [5.74, 6) is -2.35. The molecule has 3 rings (SSSR count). The van der Waals surface area contributed by atoms with Crippen LogP contribution in [0.4, 0.5) is 0 Å². The van der Waals surface area contributed by atoms with E-state index in [1.807, 2.05) is 0 Å². The molecule has 2 N–H and O–H groups in total. The molecule has 1 aliphatic heterocycles. The van der Waals surface area contributed by atoms with E-state index >= 15 is 0 Å². The van der Waals surface area contributed by atoms with Crippen LogP contribution in [0.5, 0.6) is 0 Å². The van der Waals surface area contributed by atoms with Gasteiger partial charge >= 0.3 is 11.7 Å². The van der Waals surface area contributed by atoms with Crippen molar-refractivity contribution in [2.75, 3.05) is 13.1 Å². The van der Waals surface area contributed by atoms with Gasteiger partial charge in [0.2, 0.25) is 10.0 Å². The summed E-state index contributed by atoms with van der Waals surface area (Å²) in [5, 5.41) is 9.06. The van der Waals surface area contributed by atoms with Crippen LogP contribution in [0.3, 0.4) is 0 Å². The Morgan fingerprint density at radius 3 is 2.91 bits per heavy atom. The predicted octanol–water partition coefficient (Wildman–Crippen LogP) is 0.606. The molecule has 8 nitrogen and oxygen atoms in total. The molecule has 1 fully saturated rings. The maximum Gasteiger partial charge on any atom is 0.417 e. The summed E-state index contributed by atoms with van der Waals surface area (Å²) < 4.78 is 31.2. The molecule has 1 aliphatic rings. The number of carboxylic acids is 1. The number of benzene rings is 1. The van der Waals surface area contributed by atoms with E-state index in [0.29, 0.717) is 18.4 Å². The molecule has 1 atom stereocenters. The second-order valence-corrected chi connectivity index (χ2v) is 7.15. The van der Waals surface area contributed by atoms with Crippen molar-refractivity contribution in [1.29, 1.82) is 0 Å². The normalized spacial score (nSPS) is 20.3. The smallest absolute Gasteiger partial charge is 0.417 e. The number of nitrogens with zero attached hydrogens (tertiary/aromatic N) is 1. The fourth-order valence-corrected chi connectivity index (χ4v) is 4.14. The number of carboxylic acid groups (broad SMARTS) is 1. The van der Waals surface area contributed by atoms with Crippen molar-refractivity contribution in [3.05, 3.63) is 28.7 Å². The molecular formula is C13H14N2O6S. The van der Waals surface area contributed by atoms with Crippen molar-refractivity contribution in [2.45, 2.75) is 17.7 Å². The fourth-order valence-electron chi connectivity index (χ4n) is 2.60. The maximum absolute atomic E-state index is 12.6. The largest absolute Gasteiger partial charge is 0.481 e. The van der Waals surface area contributed by atoms with Crippen molar-refractivity contribution in [1.82, 2.24) is 9.29 Å². The summed E-state index contributed by atoms with van der Waals surface area (Å²) in [6, 6.07) is 4.09. The van der Waals surface area contributed by atoms with Crippen LogP contribution in [0.1, 0.15) is 12.8 Å². The van der Waals surface area contributed by atoms with Crippen molar-refractivity contribution >= 4 is 27.1 Å². The van der Waals surface area contributed by atoms with E-state index in [1.54, 1.807) is 0 Å². The van der Waals surface area contributed by atoms with Crippen LogP contribution in [-0.4, -0.2) is 41.9 Å². The topological polar surface area (TPSA) is 121 Å². The van der Waals surface area contributed by atoms with E-state index in [4.69, 9.17) is 9.52 Å². The van der Waals surface area contributed by atoms with Gasteiger partial charge in [0.1, 0.15) is 0 Å². The van der Waals surface area contributed by atoms with E-state index in [-0.39, 0.29) is 23.6 Å². The molecule has 2 aromatic rings. The summed E-state index contributed by atoms with van der Waals surface area (Å²) >= 11 is 0. The minimum absolute atomic E-state index is 0.0196. The molecule has 0 bridgehead atoms. The Morgan fingerprint density at radius 2 is 2.18 bits per heavy atom. The number of aromatic nitrogens is 1. The van der Waals surface area contributed by atoms with Gasteiger partial charge in [-0.3, -0.25) is 9.78 Å². The molecular weight excluding hydrogens is 312 g/mol. The minimum Gasteiger partial charge on any atom is -0.481 e. The third kappa shape index (κ3) is 2.53. The van der Waals surface area contributed by atoms with E-state index < -0.39 is 27.7 Å². The maximum atomic E-state index is 12.6. The number of aliphatic carboxylic acids is 1.